The summed E-state index contributed by atoms with van der Waals surface area (Å²) in [6, 6.07) is 1.59. The van der Waals surface area contributed by atoms with E-state index in [1.807, 2.05) is 0 Å². The Kier molecular flexibility index (Phi) is 4.57. The van der Waals surface area contributed by atoms with Crippen LogP contribution in [0.5, 0.6) is 5.75 Å². The zero-order valence-corrected chi connectivity index (χ0v) is 16.6. The fraction of sp³-hybridized carbons (Fsp3) is 0.471. The molecule has 2 aliphatic rings. The van der Waals surface area contributed by atoms with E-state index in [-0.39, 0.29) is 24.4 Å². The maximum Gasteiger partial charge on any atom is 0.411 e. The van der Waals surface area contributed by atoms with Gasteiger partial charge in [-0.3, -0.25) is 14.5 Å². The first kappa shape index (κ1) is 19.4. The molecule has 3 N–H and O–H groups in total. The van der Waals surface area contributed by atoms with Gasteiger partial charge in [0.15, 0.2) is 5.82 Å². The Bertz CT molecular complexity index is 841. The van der Waals surface area contributed by atoms with Crippen molar-refractivity contribution in [3.63, 3.8) is 0 Å². The highest BCUT2D eigenvalue weighted by atomic mass is 79.9. The minimum Gasteiger partial charge on any atom is -0.473 e. The molecule has 146 valence electrons. The molecule has 8 nitrogen and oxygen atoms in total. The third-order valence-corrected chi connectivity index (χ3v) is 4.72. The van der Waals surface area contributed by atoms with Crippen molar-refractivity contribution in [2.24, 2.45) is 5.73 Å². The number of nitrogens with two attached hydrogens (primary N) is 1. The number of primary amides is 1. The molecule has 1 aromatic carbocycles. The number of ether oxygens (including phenoxy) is 2. The van der Waals surface area contributed by atoms with Crippen LogP contribution in [-0.2, 0) is 14.3 Å². The molecule has 0 aliphatic carbocycles. The van der Waals surface area contributed by atoms with Gasteiger partial charge in [-0.1, -0.05) is 15.9 Å². The highest BCUT2D eigenvalue weighted by Gasteiger charge is 2.57. The Morgan fingerprint density at radius 1 is 1.44 bits per heavy atom. The highest BCUT2D eigenvalue weighted by molar-refractivity contribution is 9.10. The van der Waals surface area contributed by atoms with Gasteiger partial charge in [-0.05, 0) is 32.9 Å². The second kappa shape index (κ2) is 6.36. The molecular weight excluding hydrogens is 425 g/mol. The summed E-state index contributed by atoms with van der Waals surface area (Å²) in [4.78, 5) is 38.2. The molecule has 10 heteroatoms. The smallest absolute Gasteiger partial charge is 0.411 e. The first-order chi connectivity index (χ1) is 12.4. The van der Waals surface area contributed by atoms with Crippen LogP contribution in [0.2, 0.25) is 0 Å². The number of rotatable bonds is 1. The van der Waals surface area contributed by atoms with E-state index in [2.05, 4.69) is 21.2 Å². The van der Waals surface area contributed by atoms with E-state index in [1.54, 1.807) is 20.8 Å². The monoisotopic (exact) mass is 443 g/mol. The number of carbonyl (C=O) groups excluding carboxylic acids is 3. The van der Waals surface area contributed by atoms with Crippen LogP contribution in [0.4, 0.5) is 14.9 Å². The quantitative estimate of drug-likeness (QED) is 0.690. The van der Waals surface area contributed by atoms with Gasteiger partial charge in [0.25, 0.3) is 5.91 Å². The second-order valence-electron chi connectivity index (χ2n) is 7.54. The van der Waals surface area contributed by atoms with E-state index in [1.165, 1.54) is 12.1 Å². The van der Waals surface area contributed by atoms with Crippen LogP contribution >= 0.6 is 15.9 Å². The molecule has 2 atom stereocenters. The lowest BCUT2D eigenvalue weighted by atomic mass is 9.96. The molecule has 0 aromatic heterocycles. The predicted octanol–water partition coefficient (Wildman–Crippen LogP) is 2.15. The minimum absolute atomic E-state index is 0.0933. The summed E-state index contributed by atoms with van der Waals surface area (Å²) in [6.07, 6.45) is -0.952. The average molecular weight is 444 g/mol. The first-order valence-electron chi connectivity index (χ1n) is 8.20. The van der Waals surface area contributed by atoms with Gasteiger partial charge in [0, 0.05) is 10.9 Å². The number of hydrogen-bond donors (Lipinski definition) is 2. The lowest BCUT2D eigenvalue weighted by Gasteiger charge is -2.34. The first-order valence-corrected chi connectivity index (χ1v) is 9.00. The number of fused-ring (bicyclic) bond motifs is 1. The third kappa shape index (κ3) is 3.58. The summed E-state index contributed by atoms with van der Waals surface area (Å²) in [7, 11) is 0. The van der Waals surface area contributed by atoms with E-state index in [0.717, 1.165) is 4.90 Å². The minimum atomic E-state index is -1.57. The average Bonchev–Trinajstić information content (AvgIpc) is 2.89. The number of halogens is 2. The van der Waals surface area contributed by atoms with Gasteiger partial charge in [0.05, 0.1) is 6.54 Å². The summed E-state index contributed by atoms with van der Waals surface area (Å²) >= 11 is 3.17. The number of benzene rings is 1. The lowest BCUT2D eigenvalue weighted by Crippen LogP contribution is -2.53. The summed E-state index contributed by atoms with van der Waals surface area (Å²) in [6.45, 7) is 4.78. The molecule has 1 fully saturated rings. The van der Waals surface area contributed by atoms with Gasteiger partial charge in [0.1, 0.15) is 23.1 Å². The summed E-state index contributed by atoms with van der Waals surface area (Å²) in [5, 5.41) is 2.46. The number of hydrogen-bond acceptors (Lipinski definition) is 5. The van der Waals surface area contributed by atoms with Crippen molar-refractivity contribution in [2.45, 2.75) is 44.4 Å². The fourth-order valence-corrected chi connectivity index (χ4v) is 3.52. The van der Waals surface area contributed by atoms with Gasteiger partial charge in [-0.25, -0.2) is 9.18 Å². The number of likely N-dealkylation sites (tertiary alicyclic amines) is 1. The number of nitrogens with one attached hydrogen (secondary N) is 1. The second-order valence-corrected chi connectivity index (χ2v) is 8.46. The van der Waals surface area contributed by atoms with Crippen LogP contribution in [-0.4, -0.2) is 46.6 Å². The van der Waals surface area contributed by atoms with Crippen LogP contribution in [0.25, 0.3) is 0 Å². The van der Waals surface area contributed by atoms with Gasteiger partial charge in [-0.15, -0.1) is 0 Å². The summed E-state index contributed by atoms with van der Waals surface area (Å²) < 4.78 is 25.6. The van der Waals surface area contributed by atoms with E-state index < -0.39 is 41.0 Å². The van der Waals surface area contributed by atoms with Crippen molar-refractivity contribution < 1.29 is 28.2 Å². The van der Waals surface area contributed by atoms with Gasteiger partial charge in [0.2, 0.25) is 11.5 Å². The zero-order valence-electron chi connectivity index (χ0n) is 15.0. The van der Waals surface area contributed by atoms with Crippen LogP contribution < -0.4 is 15.8 Å². The molecule has 1 saturated heterocycles. The highest BCUT2D eigenvalue weighted by Crippen LogP contribution is 2.42. The Morgan fingerprint density at radius 2 is 2.11 bits per heavy atom. The maximum absolute atomic E-state index is 14.1. The van der Waals surface area contributed by atoms with Crippen molar-refractivity contribution in [1.29, 1.82) is 0 Å². The predicted molar refractivity (Wildman–Crippen MR) is 96.6 cm³/mol. The molecule has 0 unspecified atom stereocenters. The molecule has 0 bridgehead atoms. The lowest BCUT2D eigenvalue weighted by molar-refractivity contribution is -0.131. The number of carbonyl (C=O) groups is 3. The third-order valence-electron chi connectivity index (χ3n) is 4.26. The van der Waals surface area contributed by atoms with Crippen molar-refractivity contribution >= 4 is 39.5 Å². The van der Waals surface area contributed by atoms with E-state index in [4.69, 9.17) is 15.2 Å². The van der Waals surface area contributed by atoms with Crippen LogP contribution in [0.15, 0.2) is 16.6 Å². The van der Waals surface area contributed by atoms with E-state index in [0.29, 0.717) is 4.47 Å². The molecule has 0 radical (unpaired) electrons. The van der Waals surface area contributed by atoms with E-state index >= 15 is 0 Å². The molecule has 2 aliphatic heterocycles. The number of anilines is 1. The van der Waals surface area contributed by atoms with Gasteiger partial charge < -0.3 is 20.5 Å². The standard InChI is InChI=1S/C17H19BrFN3O5/c1-16(2,3)27-15(25)22-7-17(6-10(22)13(20)23)14(24)21-12-9(19)4-8(18)5-11(12)26-17/h4-5,10H,6-7H2,1-3H3,(H2,20,23)(H,21,24)/t10-,17+/m0/s1. The van der Waals surface area contributed by atoms with Crippen molar-refractivity contribution in [3.05, 3.63) is 22.4 Å². The molecule has 3 rings (SSSR count). The SMILES string of the molecule is CC(C)(C)OC(=O)N1C[C@@]2(C[C@H]1C(N)=O)Oc1cc(Br)cc(F)c1NC2=O. The largest absolute Gasteiger partial charge is 0.473 e. The summed E-state index contributed by atoms with van der Waals surface area (Å²) in [5.41, 5.74) is 2.95. The molecule has 2 heterocycles. The Morgan fingerprint density at radius 3 is 2.70 bits per heavy atom. The van der Waals surface area contributed by atoms with Crippen LogP contribution in [0.3, 0.4) is 0 Å². The Labute approximate surface area is 163 Å². The number of amides is 3. The normalized spacial score (nSPS) is 24.3. The zero-order chi connectivity index (χ0) is 20.1. The van der Waals surface area contributed by atoms with Crippen LogP contribution in [0.1, 0.15) is 27.2 Å². The fourth-order valence-electron chi connectivity index (χ4n) is 3.11. The molecule has 1 spiro atoms. The van der Waals surface area contributed by atoms with Gasteiger partial charge >= 0.3 is 6.09 Å². The van der Waals surface area contributed by atoms with E-state index in [9.17, 15) is 18.8 Å². The molecule has 27 heavy (non-hydrogen) atoms. The van der Waals surface area contributed by atoms with Crippen molar-refractivity contribution in [1.82, 2.24) is 4.90 Å². The Balaban J connectivity index is 1.95. The van der Waals surface area contributed by atoms with Crippen LogP contribution in [0, 0.1) is 5.82 Å². The Hall–Kier alpha value is -2.36. The van der Waals surface area contributed by atoms with Gasteiger partial charge in [-0.2, -0.15) is 0 Å². The van der Waals surface area contributed by atoms with Crippen molar-refractivity contribution in [3.8, 4) is 5.75 Å². The molecule has 3 amide bonds. The number of nitrogens with zero attached hydrogens (tertiary/aromatic N) is 1. The molecular formula is C17H19BrFN3O5. The topological polar surface area (TPSA) is 111 Å². The maximum atomic E-state index is 14.1. The molecule has 0 saturated carbocycles. The summed E-state index contributed by atoms with van der Waals surface area (Å²) in [5.74, 6) is -2.03. The van der Waals surface area contributed by atoms with Crippen molar-refractivity contribution in [2.75, 3.05) is 11.9 Å². The molecule has 1 aromatic rings.